The second-order valence-electron chi connectivity index (χ2n) is 6.56. The molecule has 0 unspecified atom stereocenters. The summed E-state index contributed by atoms with van der Waals surface area (Å²) < 4.78 is 2.05. The highest BCUT2D eigenvalue weighted by Gasteiger charge is 2.22. The van der Waals surface area contributed by atoms with E-state index in [4.69, 9.17) is 11.6 Å². The third-order valence-electron chi connectivity index (χ3n) is 4.79. The number of hydrogen-bond acceptors (Lipinski definition) is 2. The highest BCUT2D eigenvalue weighted by molar-refractivity contribution is 6.31. The topological polar surface area (TPSA) is 59.3 Å². The molecule has 1 aromatic heterocycles. The largest absolute Gasteiger partial charge is 0.478 e. The van der Waals surface area contributed by atoms with E-state index < -0.39 is 5.97 Å². The Bertz CT molecular complexity index is 1020. The van der Waals surface area contributed by atoms with Crippen molar-refractivity contribution in [3.63, 3.8) is 0 Å². The molecule has 0 radical (unpaired) electrons. The van der Waals surface area contributed by atoms with E-state index in [9.17, 15) is 14.7 Å². The van der Waals surface area contributed by atoms with Crippen LogP contribution in [0.25, 0.3) is 10.9 Å². The summed E-state index contributed by atoms with van der Waals surface area (Å²) in [5.74, 6) is -0.910. The predicted octanol–water partition coefficient (Wildman–Crippen LogP) is 5.59. The molecule has 0 spiro atoms. The Morgan fingerprint density at radius 2 is 1.85 bits per heavy atom. The summed E-state index contributed by atoms with van der Waals surface area (Å²) in [4.78, 5) is 24.2. The highest BCUT2D eigenvalue weighted by atomic mass is 35.5. The Labute approximate surface area is 163 Å². The number of carboxylic acid groups (broad SMARTS) is 1. The van der Waals surface area contributed by atoms with Crippen LogP contribution in [0.1, 0.15) is 58.7 Å². The number of carbonyl (C=O) groups excluding carboxylic acids is 1. The first-order valence-corrected chi connectivity index (χ1v) is 9.50. The van der Waals surface area contributed by atoms with Crippen LogP contribution in [0.15, 0.2) is 42.5 Å². The number of rotatable bonds is 7. The summed E-state index contributed by atoms with van der Waals surface area (Å²) in [5, 5.41) is 10.9. The Kier molecular flexibility index (Phi) is 5.66. The van der Waals surface area contributed by atoms with Gasteiger partial charge in [0, 0.05) is 34.6 Å². The number of carbonyl (C=O) groups is 2. The molecule has 4 nitrogen and oxygen atoms in total. The third-order valence-corrected chi connectivity index (χ3v) is 5.16. The maximum atomic E-state index is 12.7. The second-order valence-corrected chi connectivity index (χ2v) is 6.97. The monoisotopic (exact) mass is 383 g/mol. The number of Topliss-reactive ketones (excluding diaryl/α,β-unsaturated/α-hetero) is 1. The molecule has 1 N–H and O–H groups in total. The number of benzene rings is 2. The van der Waals surface area contributed by atoms with E-state index in [-0.39, 0.29) is 11.3 Å². The lowest BCUT2D eigenvalue weighted by Gasteiger charge is -2.13. The fourth-order valence-corrected chi connectivity index (χ4v) is 3.69. The lowest BCUT2D eigenvalue weighted by molar-refractivity contribution is 0.0696. The fourth-order valence-electron chi connectivity index (χ4n) is 3.50. The number of aromatic nitrogens is 1. The summed E-state index contributed by atoms with van der Waals surface area (Å²) >= 11 is 6.36. The first-order chi connectivity index (χ1) is 13.0. The van der Waals surface area contributed by atoms with E-state index in [0.29, 0.717) is 23.6 Å². The van der Waals surface area contributed by atoms with E-state index in [1.165, 1.54) is 0 Å². The first-order valence-electron chi connectivity index (χ1n) is 9.12. The van der Waals surface area contributed by atoms with Gasteiger partial charge in [-0.3, -0.25) is 4.79 Å². The van der Waals surface area contributed by atoms with E-state index in [0.717, 1.165) is 35.0 Å². The van der Waals surface area contributed by atoms with Gasteiger partial charge in [-0.2, -0.15) is 0 Å². The lowest BCUT2D eigenvalue weighted by atomic mass is 10.0. The number of nitrogens with zero attached hydrogens (tertiary/aromatic N) is 1. The number of halogens is 1. The van der Waals surface area contributed by atoms with Crippen molar-refractivity contribution in [2.45, 2.75) is 39.7 Å². The van der Waals surface area contributed by atoms with Gasteiger partial charge in [-0.25, -0.2) is 4.79 Å². The summed E-state index contributed by atoms with van der Waals surface area (Å²) in [6.45, 7) is 4.41. The zero-order valence-electron chi connectivity index (χ0n) is 15.5. The fraction of sp³-hybridized carbons (Fsp3) is 0.273. The van der Waals surface area contributed by atoms with E-state index >= 15 is 0 Å². The van der Waals surface area contributed by atoms with Gasteiger partial charge in [-0.15, -0.1) is 0 Å². The normalized spacial score (nSPS) is 11.1. The summed E-state index contributed by atoms with van der Waals surface area (Å²) in [6, 6.07) is 12.6. The van der Waals surface area contributed by atoms with E-state index in [1.54, 1.807) is 18.2 Å². The van der Waals surface area contributed by atoms with Gasteiger partial charge in [-0.05, 0) is 30.2 Å². The maximum absolute atomic E-state index is 12.7. The van der Waals surface area contributed by atoms with Crippen LogP contribution in [0.3, 0.4) is 0 Å². The molecule has 3 aromatic rings. The van der Waals surface area contributed by atoms with Crippen LogP contribution in [-0.2, 0) is 13.0 Å². The first kappa shape index (κ1) is 19.2. The van der Waals surface area contributed by atoms with E-state index in [1.807, 2.05) is 31.2 Å². The second kappa shape index (κ2) is 7.97. The molecule has 0 saturated carbocycles. The van der Waals surface area contributed by atoms with Crippen LogP contribution in [0.2, 0.25) is 5.02 Å². The van der Waals surface area contributed by atoms with Crippen molar-refractivity contribution in [3.8, 4) is 0 Å². The van der Waals surface area contributed by atoms with Gasteiger partial charge in [0.2, 0.25) is 0 Å². The minimum atomic E-state index is -0.984. The van der Waals surface area contributed by atoms with E-state index in [2.05, 4.69) is 11.5 Å². The minimum absolute atomic E-state index is 0.0735. The zero-order valence-corrected chi connectivity index (χ0v) is 16.2. The molecule has 0 atom stereocenters. The van der Waals surface area contributed by atoms with Gasteiger partial charge in [-0.1, -0.05) is 56.1 Å². The number of carboxylic acids is 1. The summed E-state index contributed by atoms with van der Waals surface area (Å²) in [6.07, 6.45) is 2.03. The Morgan fingerprint density at radius 3 is 2.48 bits per heavy atom. The SMILES string of the molecule is CCCc1c(C(=O)CC)c2ccc(C(=O)O)cc2n1Cc1ccccc1Cl. The number of ketones is 1. The van der Waals surface area contributed by atoms with Crippen LogP contribution < -0.4 is 0 Å². The molecule has 3 rings (SSSR count). The highest BCUT2D eigenvalue weighted by Crippen LogP contribution is 2.31. The predicted molar refractivity (Wildman–Crippen MR) is 108 cm³/mol. The van der Waals surface area contributed by atoms with Gasteiger partial charge in [0.25, 0.3) is 0 Å². The molecule has 5 heteroatoms. The molecule has 0 saturated heterocycles. The molecule has 2 aromatic carbocycles. The molecule has 0 aliphatic carbocycles. The van der Waals surface area contributed by atoms with Crippen LogP contribution in [0.4, 0.5) is 0 Å². The van der Waals surface area contributed by atoms with Crippen molar-refractivity contribution in [1.82, 2.24) is 4.57 Å². The van der Waals surface area contributed by atoms with Crippen molar-refractivity contribution >= 4 is 34.3 Å². The van der Waals surface area contributed by atoms with Crippen molar-refractivity contribution in [3.05, 3.63) is 69.9 Å². The molecular formula is C22H22ClNO3. The summed E-state index contributed by atoms with van der Waals surface area (Å²) in [7, 11) is 0. The van der Waals surface area contributed by atoms with Gasteiger partial charge in [0.05, 0.1) is 11.1 Å². The van der Waals surface area contributed by atoms with Crippen LogP contribution in [-0.4, -0.2) is 21.4 Å². The van der Waals surface area contributed by atoms with Crippen molar-refractivity contribution in [2.24, 2.45) is 0 Å². The summed E-state index contributed by atoms with van der Waals surface area (Å²) in [5.41, 5.74) is 3.55. The van der Waals surface area contributed by atoms with Gasteiger partial charge < -0.3 is 9.67 Å². The molecule has 0 amide bonds. The van der Waals surface area contributed by atoms with Crippen LogP contribution in [0.5, 0.6) is 0 Å². The molecule has 1 heterocycles. The van der Waals surface area contributed by atoms with Gasteiger partial charge in [0.1, 0.15) is 0 Å². The number of fused-ring (bicyclic) bond motifs is 1. The van der Waals surface area contributed by atoms with Crippen molar-refractivity contribution < 1.29 is 14.7 Å². The third kappa shape index (κ3) is 3.62. The number of hydrogen-bond donors (Lipinski definition) is 1. The van der Waals surface area contributed by atoms with Crippen molar-refractivity contribution in [1.29, 1.82) is 0 Å². The molecule has 0 aliphatic heterocycles. The molecule has 0 aliphatic rings. The Morgan fingerprint density at radius 1 is 1.11 bits per heavy atom. The van der Waals surface area contributed by atoms with Crippen LogP contribution in [0, 0.1) is 0 Å². The van der Waals surface area contributed by atoms with Crippen LogP contribution >= 0.6 is 11.6 Å². The average Bonchev–Trinajstić information content (AvgIpc) is 2.96. The lowest BCUT2D eigenvalue weighted by Crippen LogP contribution is -2.08. The molecular weight excluding hydrogens is 362 g/mol. The average molecular weight is 384 g/mol. The smallest absolute Gasteiger partial charge is 0.335 e. The Hall–Kier alpha value is -2.59. The zero-order chi connectivity index (χ0) is 19.6. The quantitative estimate of drug-likeness (QED) is 0.541. The van der Waals surface area contributed by atoms with Crippen molar-refractivity contribution in [2.75, 3.05) is 0 Å². The maximum Gasteiger partial charge on any atom is 0.335 e. The van der Waals surface area contributed by atoms with Gasteiger partial charge >= 0.3 is 5.97 Å². The number of aromatic carboxylic acids is 1. The minimum Gasteiger partial charge on any atom is -0.478 e. The standard InChI is InChI=1S/C22H22ClNO3/c1-3-7-18-21(20(25)4-2)16-11-10-14(22(26)27)12-19(16)24(18)13-15-8-5-6-9-17(15)23/h5-6,8-12H,3-4,7,13H2,1-2H3,(H,26,27). The molecule has 0 fully saturated rings. The molecule has 27 heavy (non-hydrogen) atoms. The molecule has 140 valence electrons. The Balaban J connectivity index is 2.31. The molecule has 0 bridgehead atoms. The van der Waals surface area contributed by atoms with Gasteiger partial charge in [0.15, 0.2) is 5.78 Å².